The summed E-state index contributed by atoms with van der Waals surface area (Å²) in [6, 6.07) is 0.118. The highest BCUT2D eigenvalue weighted by atomic mass is 16.2. The molecular formula is C13H25N3O. The summed E-state index contributed by atoms with van der Waals surface area (Å²) < 4.78 is 0. The minimum absolute atomic E-state index is 0.118. The minimum Gasteiger partial charge on any atom is -0.336 e. The van der Waals surface area contributed by atoms with E-state index in [2.05, 4.69) is 25.8 Å². The molecule has 2 heterocycles. The van der Waals surface area contributed by atoms with E-state index < -0.39 is 0 Å². The molecule has 0 saturated carbocycles. The molecule has 0 radical (unpaired) electrons. The maximum atomic E-state index is 12.6. The third kappa shape index (κ3) is 2.33. The predicted molar refractivity (Wildman–Crippen MR) is 68.6 cm³/mol. The topological polar surface area (TPSA) is 49.6 Å². The first-order valence-electron chi connectivity index (χ1n) is 6.68. The summed E-state index contributed by atoms with van der Waals surface area (Å²) in [6.45, 7) is 7.03. The number of hydrogen-bond acceptors (Lipinski definition) is 3. The van der Waals surface area contributed by atoms with Crippen LogP contribution in [0.1, 0.15) is 33.1 Å². The standard InChI is InChI=1S/C13H25N3O/c1-13(2)11(14)6-8-16(13)12(17)10-5-4-7-15(3)9-10/h10-11H,4-9,14H2,1-3H3. The van der Waals surface area contributed by atoms with Crippen molar-refractivity contribution in [3.05, 3.63) is 0 Å². The fourth-order valence-corrected chi connectivity index (χ4v) is 3.09. The van der Waals surface area contributed by atoms with Crippen LogP contribution in [-0.2, 0) is 4.79 Å². The average molecular weight is 239 g/mol. The minimum atomic E-state index is -0.174. The van der Waals surface area contributed by atoms with Gasteiger partial charge in [0, 0.05) is 19.1 Å². The zero-order chi connectivity index (χ0) is 12.6. The first-order valence-corrected chi connectivity index (χ1v) is 6.68. The van der Waals surface area contributed by atoms with Crippen molar-refractivity contribution in [1.29, 1.82) is 0 Å². The van der Waals surface area contributed by atoms with E-state index >= 15 is 0 Å². The van der Waals surface area contributed by atoms with Gasteiger partial charge in [-0.05, 0) is 46.7 Å². The fourth-order valence-electron chi connectivity index (χ4n) is 3.09. The first kappa shape index (κ1) is 12.8. The summed E-state index contributed by atoms with van der Waals surface area (Å²) in [7, 11) is 2.10. The van der Waals surface area contributed by atoms with E-state index in [1.165, 1.54) is 0 Å². The van der Waals surface area contributed by atoms with Crippen LogP contribution in [0.25, 0.3) is 0 Å². The molecule has 2 rings (SSSR count). The molecule has 2 aliphatic heterocycles. The summed E-state index contributed by atoms with van der Waals surface area (Å²) in [4.78, 5) is 16.8. The van der Waals surface area contributed by atoms with E-state index in [9.17, 15) is 4.79 Å². The molecule has 0 aromatic rings. The van der Waals surface area contributed by atoms with Crippen LogP contribution in [0.3, 0.4) is 0 Å². The number of amides is 1. The number of hydrogen-bond donors (Lipinski definition) is 1. The molecule has 2 unspecified atom stereocenters. The number of nitrogens with two attached hydrogens (primary N) is 1. The molecule has 0 aromatic heterocycles. The van der Waals surface area contributed by atoms with Crippen LogP contribution in [0.2, 0.25) is 0 Å². The van der Waals surface area contributed by atoms with Crippen molar-refractivity contribution in [3.63, 3.8) is 0 Å². The molecule has 2 N–H and O–H groups in total. The van der Waals surface area contributed by atoms with E-state index in [1.807, 2.05) is 4.90 Å². The van der Waals surface area contributed by atoms with Gasteiger partial charge in [0.05, 0.1) is 11.5 Å². The Hall–Kier alpha value is -0.610. The van der Waals surface area contributed by atoms with Gasteiger partial charge in [-0.15, -0.1) is 0 Å². The number of nitrogens with zero attached hydrogens (tertiary/aromatic N) is 2. The van der Waals surface area contributed by atoms with Gasteiger partial charge in [-0.2, -0.15) is 0 Å². The second-order valence-corrected chi connectivity index (χ2v) is 6.14. The van der Waals surface area contributed by atoms with Crippen LogP contribution in [-0.4, -0.2) is 54.0 Å². The maximum absolute atomic E-state index is 12.6. The molecule has 98 valence electrons. The Morgan fingerprint density at radius 2 is 2.00 bits per heavy atom. The number of carbonyl (C=O) groups excluding carboxylic acids is 1. The quantitative estimate of drug-likeness (QED) is 0.731. The van der Waals surface area contributed by atoms with Crippen LogP contribution >= 0.6 is 0 Å². The molecular weight excluding hydrogens is 214 g/mol. The molecule has 17 heavy (non-hydrogen) atoms. The Kier molecular flexibility index (Phi) is 3.46. The molecule has 2 fully saturated rings. The van der Waals surface area contributed by atoms with Crippen molar-refractivity contribution >= 4 is 5.91 Å². The van der Waals surface area contributed by atoms with E-state index in [-0.39, 0.29) is 17.5 Å². The highest BCUT2D eigenvalue weighted by Crippen LogP contribution is 2.30. The van der Waals surface area contributed by atoms with Gasteiger partial charge in [-0.3, -0.25) is 4.79 Å². The Bertz CT molecular complexity index is 303. The first-order chi connectivity index (χ1) is 7.93. The summed E-state index contributed by atoms with van der Waals surface area (Å²) in [5, 5.41) is 0. The van der Waals surface area contributed by atoms with Crippen molar-refractivity contribution in [2.24, 2.45) is 11.7 Å². The second-order valence-electron chi connectivity index (χ2n) is 6.14. The van der Waals surface area contributed by atoms with Crippen molar-refractivity contribution < 1.29 is 4.79 Å². The summed E-state index contributed by atoms with van der Waals surface area (Å²) in [5.41, 5.74) is 5.92. The molecule has 2 aliphatic rings. The summed E-state index contributed by atoms with van der Waals surface area (Å²) >= 11 is 0. The molecule has 0 bridgehead atoms. The second kappa shape index (κ2) is 4.58. The zero-order valence-corrected chi connectivity index (χ0v) is 11.3. The third-order valence-corrected chi connectivity index (χ3v) is 4.51. The maximum Gasteiger partial charge on any atom is 0.227 e. The molecule has 1 amide bonds. The van der Waals surface area contributed by atoms with Crippen molar-refractivity contribution in [2.75, 3.05) is 26.7 Å². The smallest absolute Gasteiger partial charge is 0.227 e. The fraction of sp³-hybridized carbons (Fsp3) is 0.923. The Morgan fingerprint density at radius 1 is 1.29 bits per heavy atom. The third-order valence-electron chi connectivity index (χ3n) is 4.51. The van der Waals surface area contributed by atoms with Gasteiger partial charge < -0.3 is 15.5 Å². The molecule has 4 heteroatoms. The van der Waals surface area contributed by atoms with Gasteiger partial charge in [-0.1, -0.05) is 0 Å². The van der Waals surface area contributed by atoms with Crippen molar-refractivity contribution in [1.82, 2.24) is 9.80 Å². The van der Waals surface area contributed by atoms with Gasteiger partial charge in [-0.25, -0.2) is 0 Å². The zero-order valence-electron chi connectivity index (χ0n) is 11.3. The lowest BCUT2D eigenvalue weighted by Gasteiger charge is -2.39. The highest BCUT2D eigenvalue weighted by molar-refractivity contribution is 5.80. The summed E-state index contributed by atoms with van der Waals surface area (Å²) in [5.74, 6) is 0.493. The van der Waals surface area contributed by atoms with Crippen molar-refractivity contribution in [2.45, 2.75) is 44.7 Å². The number of piperidine rings is 1. The molecule has 0 spiro atoms. The largest absolute Gasteiger partial charge is 0.336 e. The Morgan fingerprint density at radius 3 is 2.53 bits per heavy atom. The van der Waals surface area contributed by atoms with Gasteiger partial charge in [0.25, 0.3) is 0 Å². The van der Waals surface area contributed by atoms with E-state index in [1.54, 1.807) is 0 Å². The van der Waals surface area contributed by atoms with Crippen LogP contribution in [0.15, 0.2) is 0 Å². The monoisotopic (exact) mass is 239 g/mol. The predicted octanol–water partition coefficient (Wildman–Crippen LogP) is 0.666. The average Bonchev–Trinajstić information content (AvgIpc) is 2.53. The molecule has 4 nitrogen and oxygen atoms in total. The number of carbonyl (C=O) groups is 1. The van der Waals surface area contributed by atoms with Crippen molar-refractivity contribution in [3.8, 4) is 0 Å². The Labute approximate surface area is 104 Å². The number of rotatable bonds is 1. The van der Waals surface area contributed by atoms with Crippen LogP contribution in [0, 0.1) is 5.92 Å². The van der Waals surface area contributed by atoms with E-state index in [0.29, 0.717) is 5.91 Å². The molecule has 2 atom stereocenters. The van der Waals surface area contributed by atoms with E-state index in [0.717, 1.165) is 38.9 Å². The lowest BCUT2D eigenvalue weighted by Crippen LogP contribution is -2.54. The number of likely N-dealkylation sites (tertiary alicyclic amines) is 2. The normalized spacial score (nSPS) is 34.0. The van der Waals surface area contributed by atoms with Crippen LogP contribution in [0.5, 0.6) is 0 Å². The van der Waals surface area contributed by atoms with Gasteiger partial charge in [0.1, 0.15) is 0 Å². The van der Waals surface area contributed by atoms with Gasteiger partial charge >= 0.3 is 0 Å². The molecule has 2 saturated heterocycles. The molecule has 0 aromatic carbocycles. The van der Waals surface area contributed by atoms with Crippen LogP contribution in [0.4, 0.5) is 0 Å². The lowest BCUT2D eigenvalue weighted by atomic mass is 9.92. The van der Waals surface area contributed by atoms with Crippen LogP contribution < -0.4 is 5.73 Å². The Balaban J connectivity index is 2.05. The lowest BCUT2D eigenvalue weighted by molar-refractivity contribution is -0.140. The molecule has 0 aliphatic carbocycles. The van der Waals surface area contributed by atoms with Gasteiger partial charge in [0.15, 0.2) is 0 Å². The van der Waals surface area contributed by atoms with Gasteiger partial charge in [0.2, 0.25) is 5.91 Å². The SMILES string of the molecule is CN1CCCC(C(=O)N2CCC(N)C2(C)C)C1. The van der Waals surface area contributed by atoms with E-state index in [4.69, 9.17) is 5.73 Å². The summed E-state index contributed by atoms with van der Waals surface area (Å²) in [6.07, 6.45) is 3.10. The highest BCUT2D eigenvalue weighted by Gasteiger charge is 2.43.